The van der Waals surface area contributed by atoms with Crippen LogP contribution in [0.5, 0.6) is 0 Å². The number of hydrogen-bond donors (Lipinski definition) is 1. The highest BCUT2D eigenvalue weighted by molar-refractivity contribution is 6.04. The molecular formula is C22H29FN6O. The first-order valence-corrected chi connectivity index (χ1v) is 10.6. The van der Waals surface area contributed by atoms with Crippen LogP contribution in [-0.4, -0.2) is 67.1 Å². The van der Waals surface area contributed by atoms with E-state index >= 15 is 0 Å². The van der Waals surface area contributed by atoms with Gasteiger partial charge < -0.3 is 20.0 Å². The normalized spacial score (nSPS) is 18.5. The maximum atomic E-state index is 13.3. The van der Waals surface area contributed by atoms with E-state index in [0.29, 0.717) is 5.92 Å². The third-order valence-electron chi connectivity index (χ3n) is 6.08. The lowest BCUT2D eigenvalue weighted by molar-refractivity contribution is 0.102. The van der Waals surface area contributed by atoms with Gasteiger partial charge in [0.05, 0.1) is 11.4 Å². The second-order valence-corrected chi connectivity index (χ2v) is 8.33. The molecule has 2 saturated heterocycles. The molecule has 0 saturated carbocycles. The summed E-state index contributed by atoms with van der Waals surface area (Å²) in [5.74, 6) is 0.277. The Balaban J connectivity index is 1.60. The summed E-state index contributed by atoms with van der Waals surface area (Å²) in [7, 11) is 2.15. The molecule has 2 fully saturated rings. The van der Waals surface area contributed by atoms with Crippen molar-refractivity contribution in [2.24, 2.45) is 5.92 Å². The number of carbonyl (C=O) groups excluding carboxylic acids is 1. The molecule has 3 heterocycles. The molecule has 1 N–H and O–H groups in total. The zero-order chi connectivity index (χ0) is 21.1. The van der Waals surface area contributed by atoms with Crippen LogP contribution in [0.3, 0.4) is 0 Å². The first kappa shape index (κ1) is 20.5. The minimum absolute atomic E-state index is 0.0175. The van der Waals surface area contributed by atoms with Crippen LogP contribution in [-0.2, 0) is 0 Å². The molecule has 1 aromatic heterocycles. The maximum Gasteiger partial charge on any atom is 0.309 e. The number of piperidine rings is 1. The van der Waals surface area contributed by atoms with Gasteiger partial charge in [-0.25, -0.2) is 4.98 Å². The lowest BCUT2D eigenvalue weighted by Crippen LogP contribution is -2.44. The van der Waals surface area contributed by atoms with Gasteiger partial charge in [0.25, 0.3) is 5.91 Å². The zero-order valence-corrected chi connectivity index (χ0v) is 17.6. The van der Waals surface area contributed by atoms with E-state index in [9.17, 15) is 9.18 Å². The van der Waals surface area contributed by atoms with Crippen LogP contribution in [0.2, 0.25) is 0 Å². The fourth-order valence-electron chi connectivity index (χ4n) is 4.05. The number of nitrogens with zero attached hydrogens (tertiary/aromatic N) is 5. The molecule has 0 atom stereocenters. The van der Waals surface area contributed by atoms with Gasteiger partial charge in [0.15, 0.2) is 0 Å². The summed E-state index contributed by atoms with van der Waals surface area (Å²) in [5, 5.41) is 2.94. The summed E-state index contributed by atoms with van der Waals surface area (Å²) in [6.45, 7) is 8.24. The number of aromatic nitrogens is 2. The molecule has 0 unspecified atom stereocenters. The van der Waals surface area contributed by atoms with Crippen molar-refractivity contribution in [1.82, 2.24) is 14.9 Å². The number of nitrogens with one attached hydrogen (secondary N) is 1. The van der Waals surface area contributed by atoms with E-state index < -0.39 is 12.0 Å². The van der Waals surface area contributed by atoms with Gasteiger partial charge >= 0.3 is 6.08 Å². The average molecular weight is 413 g/mol. The van der Waals surface area contributed by atoms with E-state index in [1.165, 1.54) is 18.0 Å². The molecule has 2 aliphatic heterocycles. The smallest absolute Gasteiger partial charge is 0.309 e. The Hall–Kier alpha value is -2.74. The molecule has 1 aromatic carbocycles. The van der Waals surface area contributed by atoms with Crippen molar-refractivity contribution in [2.45, 2.75) is 19.8 Å². The van der Waals surface area contributed by atoms with Gasteiger partial charge in [0, 0.05) is 51.2 Å². The predicted molar refractivity (Wildman–Crippen MR) is 117 cm³/mol. The van der Waals surface area contributed by atoms with E-state index in [1.807, 2.05) is 6.07 Å². The number of piperazine rings is 1. The minimum atomic E-state index is -0.904. The molecular weight excluding hydrogens is 383 g/mol. The number of anilines is 3. The number of hydrogen-bond acceptors (Lipinski definition) is 6. The van der Waals surface area contributed by atoms with Crippen molar-refractivity contribution in [3.63, 3.8) is 0 Å². The molecule has 0 spiro atoms. The lowest BCUT2D eigenvalue weighted by Gasteiger charge is -2.37. The Kier molecular flexibility index (Phi) is 6.13. The summed E-state index contributed by atoms with van der Waals surface area (Å²) in [4.78, 5) is 26.8. The molecule has 7 nitrogen and oxygen atoms in total. The number of likely N-dealkylation sites (N-methyl/N-ethyl adjacent to an activating group) is 1. The second-order valence-electron chi connectivity index (χ2n) is 8.33. The fraction of sp³-hybridized carbons (Fsp3) is 0.500. The SMILES string of the molecule is CC1CCN(c2cc(N3CCN(C)CC3)ccc2NC(=O)c2ccnc(F)n2)CC1. The number of halogens is 1. The Labute approximate surface area is 176 Å². The molecule has 8 heteroatoms. The molecule has 1 amide bonds. The largest absolute Gasteiger partial charge is 0.370 e. The Morgan fingerprint density at radius 2 is 1.80 bits per heavy atom. The van der Waals surface area contributed by atoms with Gasteiger partial charge in [-0.3, -0.25) is 4.79 Å². The molecule has 0 radical (unpaired) electrons. The quantitative estimate of drug-likeness (QED) is 0.779. The minimum Gasteiger partial charge on any atom is -0.370 e. The van der Waals surface area contributed by atoms with Crippen LogP contribution in [0, 0.1) is 12.0 Å². The van der Waals surface area contributed by atoms with Gasteiger partial charge in [-0.15, -0.1) is 0 Å². The third-order valence-corrected chi connectivity index (χ3v) is 6.08. The van der Waals surface area contributed by atoms with Gasteiger partial charge in [0.1, 0.15) is 5.69 Å². The third kappa shape index (κ3) is 4.70. The Bertz CT molecular complexity index is 891. The second kappa shape index (κ2) is 8.95. The summed E-state index contributed by atoms with van der Waals surface area (Å²) in [5.41, 5.74) is 2.93. The van der Waals surface area contributed by atoms with E-state index in [-0.39, 0.29) is 5.69 Å². The van der Waals surface area contributed by atoms with Gasteiger partial charge in [-0.1, -0.05) is 6.92 Å². The van der Waals surface area contributed by atoms with E-state index in [0.717, 1.165) is 63.5 Å². The Morgan fingerprint density at radius 1 is 1.07 bits per heavy atom. The standard InChI is InChI=1S/C22H29FN6O/c1-16-6-9-29(10-7-16)20-15-17(28-13-11-27(2)12-14-28)3-4-18(20)25-21(30)19-5-8-24-22(23)26-19/h3-5,8,15-16H,6-7,9-14H2,1-2H3,(H,25,30). The van der Waals surface area contributed by atoms with E-state index in [2.05, 4.69) is 56.1 Å². The van der Waals surface area contributed by atoms with Crippen molar-refractivity contribution < 1.29 is 9.18 Å². The highest BCUT2D eigenvalue weighted by atomic mass is 19.1. The summed E-state index contributed by atoms with van der Waals surface area (Å²) in [6, 6.07) is 7.60. The van der Waals surface area contributed by atoms with Crippen LogP contribution < -0.4 is 15.1 Å². The van der Waals surface area contributed by atoms with Gasteiger partial charge in [-0.05, 0) is 50.1 Å². The monoisotopic (exact) mass is 412 g/mol. The van der Waals surface area contributed by atoms with Crippen LogP contribution in [0.4, 0.5) is 21.5 Å². The van der Waals surface area contributed by atoms with Crippen molar-refractivity contribution in [3.8, 4) is 0 Å². The molecule has 4 rings (SSSR count). The van der Waals surface area contributed by atoms with Crippen LogP contribution in [0.25, 0.3) is 0 Å². The Morgan fingerprint density at radius 3 is 2.50 bits per heavy atom. The van der Waals surface area contributed by atoms with E-state index in [1.54, 1.807) is 0 Å². The van der Waals surface area contributed by atoms with Gasteiger partial charge in [-0.2, -0.15) is 9.37 Å². The van der Waals surface area contributed by atoms with Gasteiger partial charge in [0.2, 0.25) is 0 Å². The molecule has 30 heavy (non-hydrogen) atoms. The molecule has 160 valence electrons. The fourth-order valence-corrected chi connectivity index (χ4v) is 4.05. The highest BCUT2D eigenvalue weighted by Crippen LogP contribution is 2.34. The van der Waals surface area contributed by atoms with Crippen LogP contribution in [0.15, 0.2) is 30.5 Å². The van der Waals surface area contributed by atoms with Crippen LogP contribution >= 0.6 is 0 Å². The highest BCUT2D eigenvalue weighted by Gasteiger charge is 2.22. The van der Waals surface area contributed by atoms with Crippen molar-refractivity contribution in [2.75, 3.05) is 61.4 Å². The van der Waals surface area contributed by atoms with Crippen molar-refractivity contribution in [3.05, 3.63) is 42.2 Å². The summed E-state index contributed by atoms with van der Waals surface area (Å²) < 4.78 is 13.3. The number of benzene rings is 1. The number of amides is 1. The zero-order valence-electron chi connectivity index (χ0n) is 17.6. The average Bonchev–Trinajstić information content (AvgIpc) is 2.75. The number of rotatable bonds is 4. The first-order chi connectivity index (χ1) is 14.5. The van der Waals surface area contributed by atoms with Crippen LogP contribution in [0.1, 0.15) is 30.3 Å². The molecule has 0 aliphatic carbocycles. The predicted octanol–water partition coefficient (Wildman–Crippen LogP) is 2.86. The summed E-state index contributed by atoms with van der Waals surface area (Å²) >= 11 is 0. The van der Waals surface area contributed by atoms with Crippen molar-refractivity contribution >= 4 is 23.0 Å². The van der Waals surface area contributed by atoms with E-state index in [4.69, 9.17) is 0 Å². The lowest BCUT2D eigenvalue weighted by atomic mass is 9.98. The number of carbonyl (C=O) groups is 1. The summed E-state index contributed by atoms with van der Waals surface area (Å²) in [6.07, 6.45) is 2.60. The topological polar surface area (TPSA) is 64.6 Å². The molecule has 0 bridgehead atoms. The maximum absolute atomic E-state index is 13.3. The molecule has 2 aliphatic rings. The van der Waals surface area contributed by atoms with Crippen molar-refractivity contribution in [1.29, 1.82) is 0 Å². The molecule has 2 aromatic rings. The first-order valence-electron chi connectivity index (χ1n) is 10.6.